The molecule has 0 radical (unpaired) electrons. The summed E-state index contributed by atoms with van der Waals surface area (Å²) in [4.78, 5) is 0. The second kappa shape index (κ2) is 52.9. The first-order valence-electron chi connectivity index (χ1n) is 25.9. The minimum atomic E-state index is 0.411. The molecule has 2 heteroatoms. The van der Waals surface area contributed by atoms with Crippen LogP contribution in [0, 0.1) is 11.8 Å². The minimum Gasteiger partial charge on any atom is -0.396 e. The van der Waals surface area contributed by atoms with Gasteiger partial charge >= 0.3 is 0 Å². The molecular weight excluding hydrogens is 657 g/mol. The molecule has 0 amide bonds. The molecule has 0 bridgehead atoms. The van der Waals surface area contributed by atoms with Crippen LogP contribution in [-0.2, 0) is 0 Å². The van der Waals surface area contributed by atoms with Gasteiger partial charge in [-0.1, -0.05) is 285 Å². The molecule has 2 N–H and O–H groups in total. The van der Waals surface area contributed by atoms with Crippen LogP contribution in [0.15, 0.2) is 0 Å². The van der Waals surface area contributed by atoms with Crippen LogP contribution in [0.2, 0.25) is 0 Å². The normalized spacial score (nSPS) is 12.6. The summed E-state index contributed by atoms with van der Waals surface area (Å²) in [5.41, 5.74) is 0. The van der Waals surface area contributed by atoms with Gasteiger partial charge in [0.15, 0.2) is 0 Å². The number of hydrogen-bond donors (Lipinski definition) is 2. The highest BCUT2D eigenvalue weighted by molar-refractivity contribution is 4.61. The molecule has 2 nitrogen and oxygen atoms in total. The van der Waals surface area contributed by atoms with Crippen molar-refractivity contribution in [1.82, 2.24) is 0 Å². The smallest absolute Gasteiger partial charge is 0.0459 e. The van der Waals surface area contributed by atoms with Crippen LogP contribution in [0.25, 0.3) is 0 Å². The van der Waals surface area contributed by atoms with Gasteiger partial charge in [-0.25, -0.2) is 0 Å². The first-order chi connectivity index (χ1) is 26.7. The number of aliphatic hydroxyl groups is 2. The molecule has 0 aromatic carbocycles. The molecule has 2 atom stereocenters. The van der Waals surface area contributed by atoms with Crippen LogP contribution >= 0.6 is 0 Å². The van der Waals surface area contributed by atoms with E-state index in [9.17, 15) is 10.2 Å². The van der Waals surface area contributed by atoms with Crippen molar-refractivity contribution in [3.05, 3.63) is 0 Å². The van der Waals surface area contributed by atoms with Gasteiger partial charge in [0.2, 0.25) is 0 Å². The monoisotopic (exact) mass is 765 g/mol. The van der Waals surface area contributed by atoms with Crippen LogP contribution in [0.1, 0.15) is 310 Å². The van der Waals surface area contributed by atoms with E-state index in [-0.39, 0.29) is 0 Å². The summed E-state index contributed by atoms with van der Waals surface area (Å²) in [5, 5.41) is 19.2. The second-order valence-corrected chi connectivity index (χ2v) is 18.0. The Balaban J connectivity index is 0. The Bertz CT molecular complexity index is 605. The summed E-state index contributed by atoms with van der Waals surface area (Å²) < 4.78 is 0. The fourth-order valence-corrected chi connectivity index (χ4v) is 8.34. The Kier molecular flexibility index (Phi) is 54.9. The summed E-state index contributed by atoms with van der Waals surface area (Å²) in [6.07, 6.45) is 61.3. The van der Waals surface area contributed by atoms with Gasteiger partial charge in [-0.15, -0.1) is 0 Å². The van der Waals surface area contributed by atoms with E-state index in [0.717, 1.165) is 0 Å². The number of unbranched alkanes of at least 4 members (excludes halogenated alkanes) is 36. The van der Waals surface area contributed by atoms with E-state index in [1.807, 2.05) is 0 Å². The molecule has 0 aromatic rings. The summed E-state index contributed by atoms with van der Waals surface area (Å²) in [6, 6.07) is 0. The second-order valence-electron chi connectivity index (χ2n) is 18.0. The summed E-state index contributed by atoms with van der Waals surface area (Å²) in [7, 11) is 0. The Hall–Kier alpha value is -0.0800. The Morgan fingerprint density at radius 1 is 0.204 bits per heavy atom. The number of hydrogen-bond acceptors (Lipinski definition) is 2. The summed E-state index contributed by atoms with van der Waals surface area (Å²) >= 11 is 0. The van der Waals surface area contributed by atoms with E-state index in [1.54, 1.807) is 0 Å². The van der Waals surface area contributed by atoms with Crippen molar-refractivity contribution in [1.29, 1.82) is 0 Å². The van der Waals surface area contributed by atoms with Crippen molar-refractivity contribution >= 4 is 0 Å². The minimum absolute atomic E-state index is 0.411. The van der Waals surface area contributed by atoms with E-state index in [1.165, 1.54) is 283 Å². The molecule has 0 heterocycles. The maximum Gasteiger partial charge on any atom is 0.0459 e. The molecule has 0 aliphatic carbocycles. The molecule has 328 valence electrons. The van der Waals surface area contributed by atoms with Crippen LogP contribution in [-0.4, -0.2) is 23.4 Å². The number of aliphatic hydroxyl groups excluding tert-OH is 2. The molecular formula is C52H108O2. The van der Waals surface area contributed by atoms with Crippen molar-refractivity contribution in [2.24, 2.45) is 11.8 Å². The van der Waals surface area contributed by atoms with Gasteiger partial charge in [-0.05, 0) is 37.5 Å². The molecule has 0 aliphatic heterocycles. The van der Waals surface area contributed by atoms with E-state index in [2.05, 4.69) is 27.7 Å². The van der Waals surface area contributed by atoms with Crippen molar-refractivity contribution in [2.75, 3.05) is 13.2 Å². The first-order valence-corrected chi connectivity index (χ1v) is 25.9. The zero-order chi connectivity index (χ0) is 39.7. The average molecular weight is 765 g/mol. The van der Waals surface area contributed by atoms with Gasteiger partial charge in [0.1, 0.15) is 0 Å². The van der Waals surface area contributed by atoms with Crippen LogP contribution in [0.5, 0.6) is 0 Å². The van der Waals surface area contributed by atoms with Crippen molar-refractivity contribution < 1.29 is 10.2 Å². The van der Waals surface area contributed by atoms with Crippen LogP contribution in [0.4, 0.5) is 0 Å². The predicted octanol–water partition coefficient (Wildman–Crippen LogP) is 18.4. The quantitative estimate of drug-likeness (QED) is 0.0606. The Morgan fingerprint density at radius 3 is 0.463 bits per heavy atom. The van der Waals surface area contributed by atoms with Gasteiger partial charge in [0.05, 0.1) is 0 Å². The maximum absolute atomic E-state index is 9.65. The molecule has 2 unspecified atom stereocenters. The molecule has 0 rings (SSSR count). The molecule has 54 heavy (non-hydrogen) atoms. The van der Waals surface area contributed by atoms with E-state index in [0.29, 0.717) is 25.0 Å². The molecule has 0 aliphatic rings. The fraction of sp³-hybridized carbons (Fsp3) is 1.00. The van der Waals surface area contributed by atoms with Gasteiger partial charge in [0.25, 0.3) is 0 Å². The third kappa shape index (κ3) is 49.9. The SMILES string of the molecule is CCCCCCCCCCCCC(CO)CCCCCCCCCC.CCCCCCCCCCCCCCC(CO)CCCCCCCCCCCC. The van der Waals surface area contributed by atoms with Gasteiger partial charge in [0, 0.05) is 13.2 Å². The van der Waals surface area contributed by atoms with Crippen LogP contribution < -0.4 is 0 Å². The largest absolute Gasteiger partial charge is 0.396 e. The summed E-state index contributed by atoms with van der Waals surface area (Å²) in [5.74, 6) is 1.15. The zero-order valence-electron chi connectivity index (χ0n) is 38.6. The highest BCUT2D eigenvalue weighted by atomic mass is 16.3. The Morgan fingerprint density at radius 2 is 0.333 bits per heavy atom. The highest BCUT2D eigenvalue weighted by Crippen LogP contribution is 2.21. The molecule has 0 spiro atoms. The first kappa shape index (κ1) is 56.0. The lowest BCUT2D eigenvalue weighted by atomic mass is 9.94. The van der Waals surface area contributed by atoms with Crippen molar-refractivity contribution in [3.63, 3.8) is 0 Å². The topological polar surface area (TPSA) is 40.5 Å². The number of rotatable bonds is 46. The predicted molar refractivity (Wildman–Crippen MR) is 247 cm³/mol. The molecule has 0 aromatic heterocycles. The molecule has 0 saturated carbocycles. The van der Waals surface area contributed by atoms with E-state index < -0.39 is 0 Å². The standard InChI is InChI=1S/C28H58O.C24H50O/c1-3-5-7-9-11-13-15-16-18-20-22-24-26-28(27-29)25-23-21-19-17-14-12-10-8-6-4-2;1-3-5-7-9-11-13-14-16-18-20-22-24(23-25)21-19-17-15-12-10-8-6-4-2/h28-29H,3-27H2,1-2H3;24-25H,3-23H2,1-2H3. The molecule has 0 saturated heterocycles. The van der Waals surface area contributed by atoms with E-state index in [4.69, 9.17) is 0 Å². The van der Waals surface area contributed by atoms with Crippen LogP contribution in [0.3, 0.4) is 0 Å². The third-order valence-corrected chi connectivity index (χ3v) is 12.4. The maximum atomic E-state index is 9.65. The van der Waals surface area contributed by atoms with Gasteiger partial charge in [-0.2, -0.15) is 0 Å². The molecule has 0 fully saturated rings. The van der Waals surface area contributed by atoms with Gasteiger partial charge < -0.3 is 10.2 Å². The highest BCUT2D eigenvalue weighted by Gasteiger charge is 2.08. The average Bonchev–Trinajstić information content (AvgIpc) is 3.19. The van der Waals surface area contributed by atoms with Gasteiger partial charge in [-0.3, -0.25) is 0 Å². The van der Waals surface area contributed by atoms with Crippen molar-refractivity contribution in [2.45, 2.75) is 310 Å². The lowest BCUT2D eigenvalue weighted by Gasteiger charge is -2.13. The van der Waals surface area contributed by atoms with Crippen molar-refractivity contribution in [3.8, 4) is 0 Å². The lowest BCUT2D eigenvalue weighted by Crippen LogP contribution is -2.06. The van der Waals surface area contributed by atoms with E-state index >= 15 is 0 Å². The summed E-state index contributed by atoms with van der Waals surface area (Å²) in [6.45, 7) is 9.97. The Labute approximate surface area is 344 Å². The third-order valence-electron chi connectivity index (χ3n) is 12.4. The fourth-order valence-electron chi connectivity index (χ4n) is 8.34. The zero-order valence-corrected chi connectivity index (χ0v) is 38.6. The lowest BCUT2D eigenvalue weighted by molar-refractivity contribution is 0.204.